The van der Waals surface area contributed by atoms with Crippen molar-refractivity contribution in [2.75, 3.05) is 26.7 Å². The highest BCUT2D eigenvalue weighted by molar-refractivity contribution is 5.95. The Kier molecular flexibility index (Phi) is 4.47. The van der Waals surface area contributed by atoms with Crippen LogP contribution < -0.4 is 0 Å². The average Bonchev–Trinajstić information content (AvgIpc) is 3.17. The van der Waals surface area contributed by atoms with Crippen molar-refractivity contribution in [3.8, 4) is 0 Å². The summed E-state index contributed by atoms with van der Waals surface area (Å²) in [6.07, 6.45) is 7.23. The quantitative estimate of drug-likeness (QED) is 0.921. The predicted octanol–water partition coefficient (Wildman–Crippen LogP) is 1.22. The van der Waals surface area contributed by atoms with Crippen LogP contribution >= 0.6 is 0 Å². The molecule has 3 heterocycles. The summed E-state index contributed by atoms with van der Waals surface area (Å²) in [6, 6.07) is 0.120. The number of nitrogens with zero attached hydrogens (tertiary/aromatic N) is 5. The molecule has 7 heteroatoms. The number of carbonyl (C=O) groups is 1. The van der Waals surface area contributed by atoms with E-state index in [0.717, 1.165) is 37.4 Å². The Hall–Kier alpha value is -2.15. The maximum atomic E-state index is 12.9. The summed E-state index contributed by atoms with van der Waals surface area (Å²) in [5.41, 5.74) is 1.64. The monoisotopic (exact) mass is 316 g/mol. The van der Waals surface area contributed by atoms with Crippen LogP contribution in [0, 0.1) is 0 Å². The fourth-order valence-corrected chi connectivity index (χ4v) is 3.14. The molecule has 0 aliphatic carbocycles. The molecule has 1 fully saturated rings. The number of amides is 1. The predicted molar refractivity (Wildman–Crippen MR) is 87.1 cm³/mol. The lowest BCUT2D eigenvalue weighted by atomic mass is 10.1. The minimum Gasteiger partial charge on any atom is -0.337 e. The van der Waals surface area contributed by atoms with Crippen molar-refractivity contribution in [3.05, 3.63) is 35.7 Å². The molecular formula is C16H24N6O. The fourth-order valence-electron chi connectivity index (χ4n) is 3.14. The number of rotatable bonds is 4. The topological polar surface area (TPSA) is 70.1 Å². The summed E-state index contributed by atoms with van der Waals surface area (Å²) in [5, 5.41) is 7.01. The average molecular weight is 316 g/mol. The normalized spacial score (nSPS) is 19.3. The smallest absolute Gasteiger partial charge is 0.257 e. The number of carbonyl (C=O) groups excluding carboxylic acids is 1. The number of nitrogens with one attached hydrogen (secondary N) is 1. The first-order valence-corrected chi connectivity index (χ1v) is 8.10. The van der Waals surface area contributed by atoms with Crippen molar-refractivity contribution >= 4 is 5.91 Å². The zero-order valence-corrected chi connectivity index (χ0v) is 14.0. The van der Waals surface area contributed by atoms with E-state index in [1.165, 1.54) is 0 Å². The first-order valence-electron chi connectivity index (χ1n) is 8.10. The van der Waals surface area contributed by atoms with Gasteiger partial charge in [-0.1, -0.05) is 13.3 Å². The van der Waals surface area contributed by atoms with Gasteiger partial charge in [0.15, 0.2) is 0 Å². The van der Waals surface area contributed by atoms with Gasteiger partial charge in [-0.3, -0.25) is 14.8 Å². The number of hydrogen-bond donors (Lipinski definition) is 1. The molecule has 2 aromatic heterocycles. The number of aromatic nitrogens is 4. The molecule has 0 aromatic carbocycles. The van der Waals surface area contributed by atoms with Gasteiger partial charge in [-0.15, -0.1) is 0 Å². The van der Waals surface area contributed by atoms with Crippen molar-refractivity contribution in [3.63, 3.8) is 0 Å². The third kappa shape index (κ3) is 3.01. The standard InChI is InChI=1S/C16H24N6O/c1-4-5-13-12(10-18-19-13)16(23)22-9-8-20(2)14(11-22)15-17-6-7-21(15)3/h6-7,10,14H,4-5,8-9,11H2,1-3H3,(H,18,19)/t14-/m0/s1. The number of imidazole rings is 1. The lowest BCUT2D eigenvalue weighted by Gasteiger charge is -2.39. The van der Waals surface area contributed by atoms with Gasteiger partial charge in [0, 0.05) is 44.8 Å². The van der Waals surface area contributed by atoms with Crippen LogP contribution in [0.5, 0.6) is 0 Å². The van der Waals surface area contributed by atoms with Gasteiger partial charge in [0.25, 0.3) is 5.91 Å². The Balaban J connectivity index is 1.79. The van der Waals surface area contributed by atoms with Gasteiger partial charge in [-0.25, -0.2) is 4.98 Å². The molecule has 1 amide bonds. The Labute approximate surface area is 136 Å². The van der Waals surface area contributed by atoms with Crippen LogP contribution in [0.25, 0.3) is 0 Å². The summed E-state index contributed by atoms with van der Waals surface area (Å²) in [4.78, 5) is 21.5. The van der Waals surface area contributed by atoms with Crippen LogP contribution in [-0.2, 0) is 13.5 Å². The fraction of sp³-hybridized carbons (Fsp3) is 0.562. The Bertz CT molecular complexity index is 676. The molecule has 2 aromatic rings. The van der Waals surface area contributed by atoms with E-state index in [0.29, 0.717) is 12.1 Å². The summed E-state index contributed by atoms with van der Waals surface area (Å²) in [7, 11) is 4.08. The van der Waals surface area contributed by atoms with Gasteiger partial charge in [0.1, 0.15) is 5.82 Å². The van der Waals surface area contributed by atoms with Crippen molar-refractivity contribution in [1.82, 2.24) is 29.5 Å². The van der Waals surface area contributed by atoms with Gasteiger partial charge >= 0.3 is 0 Å². The maximum absolute atomic E-state index is 12.9. The van der Waals surface area contributed by atoms with Crippen LogP contribution in [0.3, 0.4) is 0 Å². The van der Waals surface area contributed by atoms with Gasteiger partial charge in [-0.2, -0.15) is 5.10 Å². The molecule has 1 atom stereocenters. The largest absolute Gasteiger partial charge is 0.337 e. The van der Waals surface area contributed by atoms with E-state index < -0.39 is 0 Å². The molecule has 1 aliphatic rings. The minimum atomic E-state index is 0.0644. The van der Waals surface area contributed by atoms with Crippen LogP contribution in [0.1, 0.15) is 41.3 Å². The van der Waals surface area contributed by atoms with E-state index in [-0.39, 0.29) is 11.9 Å². The number of likely N-dealkylation sites (N-methyl/N-ethyl adjacent to an activating group) is 1. The number of aromatic amines is 1. The molecule has 0 radical (unpaired) electrons. The number of aryl methyl sites for hydroxylation is 2. The maximum Gasteiger partial charge on any atom is 0.257 e. The van der Waals surface area contributed by atoms with E-state index in [1.807, 2.05) is 22.7 Å². The number of piperazine rings is 1. The van der Waals surface area contributed by atoms with Crippen molar-refractivity contribution in [2.45, 2.75) is 25.8 Å². The second kappa shape index (κ2) is 6.54. The highest BCUT2D eigenvalue weighted by Gasteiger charge is 2.32. The van der Waals surface area contributed by atoms with E-state index in [9.17, 15) is 4.79 Å². The van der Waals surface area contributed by atoms with Crippen LogP contribution in [0.2, 0.25) is 0 Å². The van der Waals surface area contributed by atoms with E-state index in [2.05, 4.69) is 34.1 Å². The first-order chi connectivity index (χ1) is 11.1. The Morgan fingerprint density at radius 1 is 1.39 bits per heavy atom. The molecule has 3 rings (SSSR count). The third-order valence-corrected chi connectivity index (χ3v) is 4.54. The molecule has 0 spiro atoms. The van der Waals surface area contributed by atoms with Gasteiger partial charge in [0.2, 0.25) is 0 Å². The zero-order valence-electron chi connectivity index (χ0n) is 14.0. The highest BCUT2D eigenvalue weighted by atomic mass is 16.2. The molecular weight excluding hydrogens is 292 g/mol. The summed E-state index contributed by atoms with van der Waals surface area (Å²) >= 11 is 0. The van der Waals surface area contributed by atoms with Gasteiger partial charge in [-0.05, 0) is 13.5 Å². The zero-order chi connectivity index (χ0) is 16.4. The molecule has 1 N–H and O–H groups in total. The SMILES string of the molecule is CCCc1[nH]ncc1C(=O)N1CCN(C)[C@H](c2nccn2C)C1. The Morgan fingerprint density at radius 2 is 2.22 bits per heavy atom. The molecule has 1 aliphatic heterocycles. The van der Waals surface area contributed by atoms with E-state index in [4.69, 9.17) is 0 Å². The first kappa shape index (κ1) is 15.7. The van der Waals surface area contributed by atoms with Crippen LogP contribution in [0.15, 0.2) is 18.6 Å². The van der Waals surface area contributed by atoms with E-state index >= 15 is 0 Å². The van der Waals surface area contributed by atoms with Crippen LogP contribution in [-0.4, -0.2) is 62.1 Å². The summed E-state index contributed by atoms with van der Waals surface area (Å²) in [5.74, 6) is 1.06. The van der Waals surface area contributed by atoms with Gasteiger partial charge in [0.05, 0.1) is 17.8 Å². The second-order valence-electron chi connectivity index (χ2n) is 6.16. The summed E-state index contributed by atoms with van der Waals surface area (Å²) < 4.78 is 2.02. The number of H-pyrrole nitrogens is 1. The van der Waals surface area contributed by atoms with Crippen molar-refractivity contribution < 1.29 is 4.79 Å². The van der Waals surface area contributed by atoms with Crippen molar-refractivity contribution in [2.24, 2.45) is 7.05 Å². The third-order valence-electron chi connectivity index (χ3n) is 4.54. The molecule has 124 valence electrons. The van der Waals surface area contributed by atoms with E-state index in [1.54, 1.807) is 12.4 Å². The number of hydrogen-bond acceptors (Lipinski definition) is 4. The lowest BCUT2D eigenvalue weighted by molar-refractivity contribution is 0.0528. The molecule has 1 saturated heterocycles. The van der Waals surface area contributed by atoms with Gasteiger partial charge < -0.3 is 9.47 Å². The molecule has 7 nitrogen and oxygen atoms in total. The Morgan fingerprint density at radius 3 is 2.91 bits per heavy atom. The lowest BCUT2D eigenvalue weighted by Crippen LogP contribution is -2.49. The summed E-state index contributed by atoms with van der Waals surface area (Å²) in [6.45, 7) is 4.32. The minimum absolute atomic E-state index is 0.0644. The van der Waals surface area contributed by atoms with Crippen molar-refractivity contribution in [1.29, 1.82) is 0 Å². The molecule has 0 bridgehead atoms. The molecule has 0 saturated carbocycles. The van der Waals surface area contributed by atoms with Crippen LogP contribution in [0.4, 0.5) is 0 Å². The molecule has 0 unspecified atom stereocenters. The second-order valence-corrected chi connectivity index (χ2v) is 6.16. The highest BCUT2D eigenvalue weighted by Crippen LogP contribution is 2.24. The molecule has 23 heavy (non-hydrogen) atoms.